The third-order valence-electron chi connectivity index (χ3n) is 6.71. The number of hydrogen-bond donors (Lipinski definition) is 1. The molecule has 0 fully saturated rings. The van der Waals surface area contributed by atoms with Gasteiger partial charge in [-0.25, -0.2) is 4.98 Å². The van der Waals surface area contributed by atoms with E-state index in [0.717, 1.165) is 17.8 Å². The smallest absolute Gasteiger partial charge is 0.374 e. The van der Waals surface area contributed by atoms with E-state index >= 15 is 0 Å². The van der Waals surface area contributed by atoms with E-state index in [1.54, 1.807) is 23.7 Å². The van der Waals surface area contributed by atoms with Gasteiger partial charge in [0.1, 0.15) is 11.8 Å². The number of pyridine rings is 2. The number of halogens is 3. The Morgan fingerprint density at radius 1 is 0.974 bits per heavy atom. The van der Waals surface area contributed by atoms with Gasteiger partial charge in [-0.05, 0) is 42.7 Å². The van der Waals surface area contributed by atoms with Crippen LogP contribution in [0.1, 0.15) is 39.3 Å². The lowest BCUT2D eigenvalue weighted by molar-refractivity contribution is -0.141. The highest BCUT2D eigenvalue weighted by molar-refractivity contribution is 5.95. The summed E-state index contributed by atoms with van der Waals surface area (Å²) < 4.78 is 41.3. The fraction of sp³-hybridized carbons (Fsp3) is 0.172. The highest BCUT2D eigenvalue weighted by Crippen LogP contribution is 2.41. The van der Waals surface area contributed by atoms with E-state index in [0.29, 0.717) is 44.5 Å². The molecule has 6 nitrogen and oxygen atoms in total. The highest BCUT2D eigenvalue weighted by Gasteiger charge is 2.39. The van der Waals surface area contributed by atoms with Crippen LogP contribution < -0.4 is 0 Å². The van der Waals surface area contributed by atoms with Crippen molar-refractivity contribution in [2.45, 2.75) is 25.6 Å². The Balaban J connectivity index is 1.82. The maximum atomic E-state index is 13.2. The topological polar surface area (TPSA) is 87.6 Å². The average molecular weight is 514 g/mol. The number of hydrogen-bond acceptors (Lipinski definition) is 5. The van der Waals surface area contributed by atoms with Crippen molar-refractivity contribution in [2.75, 3.05) is 0 Å². The molecule has 0 aliphatic rings. The standard InChI is InChI=1S/C29H22F3N5O/c1-17-11-21(12-22-23(13-33)26(18(2)36-27(17)22)19-7-5-4-6-8-19)28(38,25-15-34-16-37(25)3)20-9-10-24(35-14-20)29(30,31)32/h4-12,14-16,38H,1-3H3. The number of aryl methyl sites for hydroxylation is 3. The Morgan fingerprint density at radius 3 is 2.29 bits per heavy atom. The van der Waals surface area contributed by atoms with Crippen molar-refractivity contribution in [2.24, 2.45) is 7.05 Å². The molecule has 38 heavy (non-hydrogen) atoms. The maximum absolute atomic E-state index is 13.2. The van der Waals surface area contributed by atoms with Gasteiger partial charge in [-0.3, -0.25) is 9.97 Å². The molecule has 0 aliphatic carbocycles. The van der Waals surface area contributed by atoms with Crippen molar-refractivity contribution in [3.8, 4) is 17.2 Å². The van der Waals surface area contributed by atoms with Crippen LogP contribution >= 0.6 is 0 Å². The van der Waals surface area contributed by atoms with Gasteiger partial charge < -0.3 is 9.67 Å². The number of nitrogens with zero attached hydrogens (tertiary/aromatic N) is 5. The molecule has 1 unspecified atom stereocenters. The van der Waals surface area contributed by atoms with E-state index in [2.05, 4.69) is 16.0 Å². The summed E-state index contributed by atoms with van der Waals surface area (Å²) in [6, 6.07) is 17.2. The molecule has 3 heterocycles. The summed E-state index contributed by atoms with van der Waals surface area (Å²) in [5.74, 6) is 0. The second-order valence-corrected chi connectivity index (χ2v) is 9.14. The van der Waals surface area contributed by atoms with Crippen LogP contribution in [0.15, 0.2) is 73.3 Å². The molecule has 9 heteroatoms. The van der Waals surface area contributed by atoms with Crippen LogP contribution in [0.4, 0.5) is 13.2 Å². The summed E-state index contributed by atoms with van der Waals surface area (Å²) in [5, 5.41) is 23.1. The molecule has 0 saturated carbocycles. The fourth-order valence-electron chi connectivity index (χ4n) is 4.88. The SMILES string of the molecule is Cc1nc2c(C)cc(C(O)(c3ccc(C(F)(F)F)nc3)c3cncn3C)cc2c(C#N)c1-c1ccccc1. The van der Waals surface area contributed by atoms with Crippen molar-refractivity contribution >= 4 is 10.9 Å². The Kier molecular flexibility index (Phi) is 6.00. The lowest BCUT2D eigenvalue weighted by Gasteiger charge is -2.30. The summed E-state index contributed by atoms with van der Waals surface area (Å²) in [6.07, 6.45) is -0.666. The Morgan fingerprint density at radius 2 is 1.71 bits per heavy atom. The fourth-order valence-corrected chi connectivity index (χ4v) is 4.88. The molecule has 0 spiro atoms. The Bertz CT molecular complexity index is 1700. The van der Waals surface area contributed by atoms with Crippen LogP contribution in [-0.4, -0.2) is 24.6 Å². The zero-order valence-electron chi connectivity index (χ0n) is 20.7. The number of benzene rings is 2. The molecule has 0 saturated heterocycles. The molecule has 1 N–H and O–H groups in total. The van der Waals surface area contributed by atoms with E-state index in [-0.39, 0.29) is 5.56 Å². The zero-order chi connectivity index (χ0) is 27.2. The molecule has 0 amide bonds. The predicted octanol–water partition coefficient (Wildman–Crippen LogP) is 5.82. The number of nitriles is 1. The van der Waals surface area contributed by atoms with E-state index < -0.39 is 17.5 Å². The lowest BCUT2D eigenvalue weighted by atomic mass is 9.82. The quantitative estimate of drug-likeness (QED) is 0.327. The number of aliphatic hydroxyl groups is 1. The number of rotatable bonds is 4. The second kappa shape index (κ2) is 9.08. The van der Waals surface area contributed by atoms with Crippen LogP contribution in [0.3, 0.4) is 0 Å². The third-order valence-corrected chi connectivity index (χ3v) is 6.71. The van der Waals surface area contributed by atoms with Crippen molar-refractivity contribution in [3.63, 3.8) is 0 Å². The zero-order valence-corrected chi connectivity index (χ0v) is 20.7. The van der Waals surface area contributed by atoms with Gasteiger partial charge in [0.25, 0.3) is 0 Å². The third kappa shape index (κ3) is 3.99. The van der Waals surface area contributed by atoms with Gasteiger partial charge >= 0.3 is 6.18 Å². The molecule has 0 bridgehead atoms. The largest absolute Gasteiger partial charge is 0.433 e. The van der Waals surface area contributed by atoms with Crippen molar-refractivity contribution < 1.29 is 18.3 Å². The molecule has 3 aromatic heterocycles. The van der Waals surface area contributed by atoms with Crippen molar-refractivity contribution in [1.82, 2.24) is 19.5 Å². The summed E-state index contributed by atoms with van der Waals surface area (Å²) in [5.41, 5.74) is 1.66. The van der Waals surface area contributed by atoms with Gasteiger partial charge in [-0.1, -0.05) is 42.5 Å². The second-order valence-electron chi connectivity index (χ2n) is 9.14. The number of imidazole rings is 1. The normalized spacial score (nSPS) is 13.3. The molecule has 1 atom stereocenters. The summed E-state index contributed by atoms with van der Waals surface area (Å²) >= 11 is 0. The lowest BCUT2D eigenvalue weighted by Crippen LogP contribution is -2.31. The monoisotopic (exact) mass is 513 g/mol. The number of alkyl halides is 3. The van der Waals surface area contributed by atoms with Gasteiger partial charge in [0.15, 0.2) is 5.60 Å². The van der Waals surface area contributed by atoms with Crippen molar-refractivity contribution in [1.29, 1.82) is 5.26 Å². The molecule has 5 rings (SSSR count). The van der Waals surface area contributed by atoms with E-state index in [4.69, 9.17) is 4.98 Å². The van der Waals surface area contributed by atoms with E-state index in [1.165, 1.54) is 18.6 Å². The predicted molar refractivity (Wildman–Crippen MR) is 136 cm³/mol. The molecule has 5 aromatic rings. The maximum Gasteiger partial charge on any atom is 0.433 e. The summed E-state index contributed by atoms with van der Waals surface area (Å²) in [6.45, 7) is 3.66. The Hall–Kier alpha value is -4.55. The van der Waals surface area contributed by atoms with Gasteiger partial charge in [0.05, 0.1) is 29.3 Å². The molecule has 0 aliphatic heterocycles. The van der Waals surface area contributed by atoms with E-state index in [1.807, 2.05) is 44.2 Å². The first-order chi connectivity index (χ1) is 18.1. The van der Waals surface area contributed by atoms with E-state index in [9.17, 15) is 23.5 Å². The van der Waals surface area contributed by atoms with Gasteiger partial charge in [0, 0.05) is 35.5 Å². The van der Waals surface area contributed by atoms with Crippen molar-refractivity contribution in [3.05, 3.63) is 113 Å². The van der Waals surface area contributed by atoms with Crippen LogP contribution in [-0.2, 0) is 18.8 Å². The first-order valence-corrected chi connectivity index (χ1v) is 11.7. The molecule has 0 radical (unpaired) electrons. The number of fused-ring (bicyclic) bond motifs is 1. The molecular weight excluding hydrogens is 491 g/mol. The van der Waals surface area contributed by atoms with Crippen LogP contribution in [0.2, 0.25) is 0 Å². The Labute approximate surface area is 216 Å². The van der Waals surface area contributed by atoms with Gasteiger partial charge in [0.2, 0.25) is 0 Å². The minimum atomic E-state index is -4.62. The summed E-state index contributed by atoms with van der Waals surface area (Å²) in [4.78, 5) is 12.5. The van der Waals surface area contributed by atoms with Crippen LogP contribution in [0.5, 0.6) is 0 Å². The van der Waals surface area contributed by atoms with Gasteiger partial charge in [-0.15, -0.1) is 0 Å². The molecular formula is C29H22F3N5O. The first kappa shape index (κ1) is 25.1. The average Bonchev–Trinajstić information content (AvgIpc) is 3.34. The molecule has 190 valence electrons. The molecule has 2 aromatic carbocycles. The first-order valence-electron chi connectivity index (χ1n) is 11.7. The minimum Gasteiger partial charge on any atom is -0.374 e. The van der Waals surface area contributed by atoms with Gasteiger partial charge in [-0.2, -0.15) is 18.4 Å². The van der Waals surface area contributed by atoms with Crippen LogP contribution in [0.25, 0.3) is 22.0 Å². The number of aromatic nitrogens is 4. The summed E-state index contributed by atoms with van der Waals surface area (Å²) in [7, 11) is 1.68. The highest BCUT2D eigenvalue weighted by atomic mass is 19.4. The van der Waals surface area contributed by atoms with Crippen LogP contribution in [0, 0.1) is 25.2 Å². The minimum absolute atomic E-state index is 0.120.